The Morgan fingerprint density at radius 1 is 1.14 bits per heavy atom. The Hall–Kier alpha value is -1.93. The van der Waals surface area contributed by atoms with Crippen molar-refractivity contribution in [2.75, 3.05) is 26.2 Å². The van der Waals surface area contributed by atoms with Gasteiger partial charge in [0.05, 0.1) is 11.1 Å². The molecule has 7 nitrogen and oxygen atoms in total. The molecular weight excluding hydrogens is 342 g/mol. The van der Waals surface area contributed by atoms with Crippen molar-refractivity contribution in [1.82, 2.24) is 15.3 Å². The highest BCUT2D eigenvalue weighted by Gasteiger charge is 2.39. The van der Waals surface area contributed by atoms with Crippen molar-refractivity contribution in [3.63, 3.8) is 0 Å². The number of imide groups is 1. The quantitative estimate of drug-likeness (QED) is 0.762. The van der Waals surface area contributed by atoms with Gasteiger partial charge in [-0.1, -0.05) is 21.0 Å². The van der Waals surface area contributed by atoms with Gasteiger partial charge in [0.1, 0.15) is 0 Å². The van der Waals surface area contributed by atoms with Gasteiger partial charge in [-0.2, -0.15) is 0 Å². The second-order valence-electron chi connectivity index (χ2n) is 4.69. The number of hydrogen-bond acceptors (Lipinski definition) is 5. The monoisotopic (exact) mass is 353 g/mol. The number of nitrogens with zero attached hydrogens (tertiary/aromatic N) is 2. The number of rotatable bonds is 1. The first-order chi connectivity index (χ1) is 10.1. The molecule has 0 aliphatic carbocycles. The summed E-state index contributed by atoms with van der Waals surface area (Å²) in [6, 6.07) is 4.72. The molecule has 0 aromatic heterocycles. The van der Waals surface area contributed by atoms with Crippen LogP contribution in [0.5, 0.6) is 0 Å². The molecule has 1 fully saturated rings. The van der Waals surface area contributed by atoms with Crippen LogP contribution in [-0.2, 0) is 4.84 Å². The van der Waals surface area contributed by atoms with E-state index < -0.39 is 17.9 Å². The van der Waals surface area contributed by atoms with E-state index in [1.54, 1.807) is 6.07 Å². The SMILES string of the molecule is O=C(ON1C(=O)c2ccc(Br)cc2C1=O)N1CCNCC1. The summed E-state index contributed by atoms with van der Waals surface area (Å²) in [7, 11) is 0. The summed E-state index contributed by atoms with van der Waals surface area (Å²) in [6.07, 6.45) is -0.690. The number of benzene rings is 1. The van der Waals surface area contributed by atoms with Crippen LogP contribution < -0.4 is 5.32 Å². The Balaban J connectivity index is 1.77. The zero-order chi connectivity index (χ0) is 15.0. The molecule has 1 saturated heterocycles. The van der Waals surface area contributed by atoms with E-state index in [9.17, 15) is 14.4 Å². The standard InChI is InChI=1S/C13H12BrN3O4/c14-8-1-2-9-10(7-8)12(19)17(11(9)18)21-13(20)16-5-3-15-4-6-16/h1-2,7,15H,3-6H2. The Labute approximate surface area is 128 Å². The first-order valence-corrected chi connectivity index (χ1v) is 7.23. The number of fused-ring (bicyclic) bond motifs is 1. The number of piperazine rings is 1. The minimum absolute atomic E-state index is 0.225. The molecule has 1 aromatic rings. The van der Waals surface area contributed by atoms with E-state index in [0.29, 0.717) is 35.7 Å². The first kappa shape index (κ1) is 14.0. The minimum atomic E-state index is -0.690. The maximum atomic E-state index is 12.2. The number of carbonyl (C=O) groups excluding carboxylic acids is 3. The van der Waals surface area contributed by atoms with Gasteiger partial charge in [-0.05, 0) is 18.2 Å². The summed E-state index contributed by atoms with van der Waals surface area (Å²) in [5, 5.41) is 3.63. The van der Waals surface area contributed by atoms with Crippen molar-refractivity contribution in [1.29, 1.82) is 0 Å². The molecule has 2 heterocycles. The van der Waals surface area contributed by atoms with Gasteiger partial charge in [-0.25, -0.2) is 4.79 Å². The largest absolute Gasteiger partial charge is 0.434 e. The molecule has 21 heavy (non-hydrogen) atoms. The van der Waals surface area contributed by atoms with Crippen LogP contribution in [0.2, 0.25) is 0 Å². The summed E-state index contributed by atoms with van der Waals surface area (Å²) >= 11 is 3.24. The lowest BCUT2D eigenvalue weighted by molar-refractivity contribution is -0.0579. The zero-order valence-electron chi connectivity index (χ0n) is 11.0. The lowest BCUT2D eigenvalue weighted by atomic mass is 10.1. The van der Waals surface area contributed by atoms with E-state index >= 15 is 0 Å². The van der Waals surface area contributed by atoms with Crippen LogP contribution in [-0.4, -0.2) is 54.0 Å². The van der Waals surface area contributed by atoms with Gasteiger partial charge in [0, 0.05) is 30.7 Å². The fourth-order valence-electron chi connectivity index (χ4n) is 2.26. The highest BCUT2D eigenvalue weighted by Crippen LogP contribution is 2.26. The van der Waals surface area contributed by atoms with Crippen molar-refractivity contribution in [2.45, 2.75) is 0 Å². The van der Waals surface area contributed by atoms with Crippen LogP contribution in [0.1, 0.15) is 20.7 Å². The van der Waals surface area contributed by atoms with E-state index in [1.807, 2.05) is 0 Å². The highest BCUT2D eigenvalue weighted by molar-refractivity contribution is 9.10. The minimum Gasteiger partial charge on any atom is -0.313 e. The molecular formula is C13H12BrN3O4. The van der Waals surface area contributed by atoms with Crippen LogP contribution in [0, 0.1) is 0 Å². The first-order valence-electron chi connectivity index (χ1n) is 6.44. The second kappa shape index (κ2) is 5.45. The van der Waals surface area contributed by atoms with E-state index in [2.05, 4.69) is 21.2 Å². The van der Waals surface area contributed by atoms with Crippen molar-refractivity contribution < 1.29 is 19.2 Å². The number of hydrogen-bond donors (Lipinski definition) is 1. The summed E-state index contributed by atoms with van der Waals surface area (Å²) < 4.78 is 0.678. The fraction of sp³-hybridized carbons (Fsp3) is 0.308. The molecule has 0 unspecified atom stereocenters. The molecule has 3 rings (SSSR count). The molecule has 0 radical (unpaired) electrons. The summed E-state index contributed by atoms with van der Waals surface area (Å²) in [4.78, 5) is 42.7. The topological polar surface area (TPSA) is 79.0 Å². The maximum Gasteiger partial charge on any atom is 0.434 e. The Morgan fingerprint density at radius 3 is 2.52 bits per heavy atom. The molecule has 8 heteroatoms. The third kappa shape index (κ3) is 2.52. The normalized spacial score (nSPS) is 18.0. The van der Waals surface area contributed by atoms with Gasteiger partial charge in [-0.15, -0.1) is 0 Å². The molecule has 1 aromatic carbocycles. The van der Waals surface area contributed by atoms with Gasteiger partial charge >= 0.3 is 6.09 Å². The average Bonchev–Trinajstić information content (AvgIpc) is 2.73. The zero-order valence-corrected chi connectivity index (χ0v) is 12.6. The summed E-state index contributed by atoms with van der Waals surface area (Å²) in [5.74, 6) is -1.24. The van der Waals surface area contributed by atoms with Crippen LogP contribution in [0.25, 0.3) is 0 Å². The molecule has 0 spiro atoms. The molecule has 2 aliphatic rings. The highest BCUT2D eigenvalue weighted by atomic mass is 79.9. The van der Waals surface area contributed by atoms with Crippen LogP contribution >= 0.6 is 15.9 Å². The van der Waals surface area contributed by atoms with Crippen molar-refractivity contribution in [3.05, 3.63) is 33.8 Å². The summed E-state index contributed by atoms with van der Waals surface area (Å²) in [5.41, 5.74) is 0.457. The van der Waals surface area contributed by atoms with Crippen molar-refractivity contribution in [2.24, 2.45) is 0 Å². The molecule has 1 N–H and O–H groups in total. The van der Waals surface area contributed by atoms with Gasteiger partial charge in [0.25, 0.3) is 11.8 Å². The van der Waals surface area contributed by atoms with Gasteiger partial charge < -0.3 is 15.1 Å². The number of carbonyl (C=O) groups is 3. The van der Waals surface area contributed by atoms with Gasteiger partial charge in [-0.3, -0.25) is 9.59 Å². The predicted octanol–water partition coefficient (Wildman–Crippen LogP) is 1.00. The molecule has 2 aliphatic heterocycles. The van der Waals surface area contributed by atoms with Crippen molar-refractivity contribution >= 4 is 33.8 Å². The fourth-order valence-corrected chi connectivity index (χ4v) is 2.62. The van der Waals surface area contributed by atoms with Crippen LogP contribution in [0.4, 0.5) is 4.79 Å². The lowest BCUT2D eigenvalue weighted by Gasteiger charge is -2.27. The Morgan fingerprint density at radius 2 is 1.81 bits per heavy atom. The predicted molar refractivity (Wildman–Crippen MR) is 75.6 cm³/mol. The Bertz CT molecular complexity index is 628. The smallest absolute Gasteiger partial charge is 0.313 e. The van der Waals surface area contributed by atoms with E-state index in [0.717, 1.165) is 0 Å². The summed E-state index contributed by atoms with van der Waals surface area (Å²) in [6.45, 7) is 2.27. The molecule has 0 bridgehead atoms. The third-order valence-electron chi connectivity index (χ3n) is 3.36. The van der Waals surface area contributed by atoms with E-state index in [4.69, 9.17) is 4.84 Å². The molecule has 3 amide bonds. The van der Waals surface area contributed by atoms with E-state index in [-0.39, 0.29) is 11.1 Å². The van der Waals surface area contributed by atoms with Crippen molar-refractivity contribution in [3.8, 4) is 0 Å². The number of halogens is 1. The van der Waals surface area contributed by atoms with E-state index in [1.165, 1.54) is 17.0 Å². The van der Waals surface area contributed by atoms with Crippen LogP contribution in [0.3, 0.4) is 0 Å². The maximum absolute atomic E-state index is 12.2. The number of hydroxylamine groups is 2. The second-order valence-corrected chi connectivity index (χ2v) is 5.60. The van der Waals surface area contributed by atoms with Crippen LogP contribution in [0.15, 0.2) is 22.7 Å². The molecule has 110 valence electrons. The average molecular weight is 354 g/mol. The number of nitrogens with one attached hydrogen (secondary N) is 1. The molecule has 0 atom stereocenters. The Kier molecular flexibility index (Phi) is 3.64. The molecule has 0 saturated carbocycles. The van der Waals surface area contributed by atoms with Gasteiger partial charge in [0.2, 0.25) is 0 Å². The lowest BCUT2D eigenvalue weighted by Crippen LogP contribution is -2.48. The number of amides is 3. The third-order valence-corrected chi connectivity index (χ3v) is 3.85. The van der Waals surface area contributed by atoms with Gasteiger partial charge in [0.15, 0.2) is 0 Å².